The van der Waals surface area contributed by atoms with Crippen molar-refractivity contribution in [2.24, 2.45) is 5.92 Å². The third-order valence-corrected chi connectivity index (χ3v) is 3.15. The number of nitro benzene ring substituents is 1. The molecule has 8 heteroatoms. The van der Waals surface area contributed by atoms with Crippen LogP contribution >= 0.6 is 11.6 Å². The summed E-state index contributed by atoms with van der Waals surface area (Å²) in [5, 5.41) is 28.7. The Hall–Kier alpha value is -1.99. The maximum absolute atomic E-state index is 11.2. The van der Waals surface area contributed by atoms with Gasteiger partial charge in [-0.05, 0) is 18.1 Å². The third kappa shape index (κ3) is 3.20. The van der Waals surface area contributed by atoms with E-state index in [-0.39, 0.29) is 23.2 Å². The van der Waals surface area contributed by atoms with Gasteiger partial charge in [-0.3, -0.25) is 10.1 Å². The van der Waals surface area contributed by atoms with Crippen molar-refractivity contribution in [2.45, 2.75) is 27.0 Å². The fraction of sp³-hybridized carbons (Fsp3) is 0.385. The van der Waals surface area contributed by atoms with Crippen LogP contribution in [0.1, 0.15) is 19.7 Å². The molecule has 0 atom stereocenters. The highest BCUT2D eigenvalue weighted by atomic mass is 35.5. The zero-order valence-corrected chi connectivity index (χ0v) is 12.4. The van der Waals surface area contributed by atoms with Crippen molar-refractivity contribution in [1.29, 1.82) is 0 Å². The lowest BCUT2D eigenvalue weighted by Gasteiger charge is -2.12. The van der Waals surface area contributed by atoms with Gasteiger partial charge < -0.3 is 9.67 Å². The molecule has 0 aliphatic rings. The minimum absolute atomic E-state index is 0.135. The molecule has 7 nitrogen and oxygen atoms in total. The lowest BCUT2D eigenvalue weighted by Crippen LogP contribution is -2.10. The molecule has 0 bridgehead atoms. The maximum Gasteiger partial charge on any atom is 0.281 e. The van der Waals surface area contributed by atoms with Gasteiger partial charge in [0, 0.05) is 17.6 Å². The number of halogens is 1. The van der Waals surface area contributed by atoms with Gasteiger partial charge in [-0.15, -0.1) is 10.2 Å². The molecule has 2 aromatic rings. The van der Waals surface area contributed by atoms with E-state index in [0.29, 0.717) is 23.8 Å². The van der Waals surface area contributed by atoms with E-state index in [0.717, 1.165) is 0 Å². The van der Waals surface area contributed by atoms with E-state index >= 15 is 0 Å². The number of aromatic nitrogens is 3. The molecule has 0 fully saturated rings. The summed E-state index contributed by atoms with van der Waals surface area (Å²) < 4.78 is 1.70. The first-order valence-corrected chi connectivity index (χ1v) is 6.79. The maximum atomic E-state index is 11.2. The zero-order valence-electron chi connectivity index (χ0n) is 11.7. The van der Waals surface area contributed by atoms with E-state index in [1.54, 1.807) is 16.7 Å². The van der Waals surface area contributed by atoms with Crippen LogP contribution in [-0.2, 0) is 13.2 Å². The zero-order chi connectivity index (χ0) is 15.6. The molecule has 21 heavy (non-hydrogen) atoms. The summed E-state index contributed by atoms with van der Waals surface area (Å²) in [7, 11) is 0. The number of nitro groups is 1. The minimum atomic E-state index is -0.506. The van der Waals surface area contributed by atoms with Gasteiger partial charge in [0.05, 0.1) is 10.5 Å². The lowest BCUT2D eigenvalue weighted by molar-refractivity contribution is -0.384. The summed E-state index contributed by atoms with van der Waals surface area (Å²) in [5.74, 6) is 1.01. The molecule has 1 N–H and O–H groups in total. The van der Waals surface area contributed by atoms with Crippen LogP contribution in [-0.4, -0.2) is 24.8 Å². The minimum Gasteiger partial charge on any atom is -0.388 e. The van der Waals surface area contributed by atoms with Crippen LogP contribution < -0.4 is 0 Å². The van der Waals surface area contributed by atoms with E-state index in [2.05, 4.69) is 10.2 Å². The molecule has 1 aromatic carbocycles. The highest BCUT2D eigenvalue weighted by molar-refractivity contribution is 6.30. The fourth-order valence-corrected chi connectivity index (χ4v) is 2.22. The molecule has 2 rings (SSSR count). The quantitative estimate of drug-likeness (QED) is 0.676. The van der Waals surface area contributed by atoms with Crippen LogP contribution in [0.15, 0.2) is 18.2 Å². The van der Waals surface area contributed by atoms with Gasteiger partial charge in [0.2, 0.25) is 0 Å². The van der Waals surface area contributed by atoms with Crippen molar-refractivity contribution in [1.82, 2.24) is 14.8 Å². The smallest absolute Gasteiger partial charge is 0.281 e. The van der Waals surface area contributed by atoms with Crippen molar-refractivity contribution >= 4 is 17.3 Å². The highest BCUT2D eigenvalue weighted by Crippen LogP contribution is 2.31. The number of aliphatic hydroxyl groups is 1. The first-order chi connectivity index (χ1) is 9.93. The van der Waals surface area contributed by atoms with Crippen LogP contribution in [0.2, 0.25) is 5.02 Å². The summed E-state index contributed by atoms with van der Waals surface area (Å²) in [4.78, 5) is 10.7. The molecule has 0 saturated carbocycles. The Balaban J connectivity index is 2.62. The number of aliphatic hydroxyl groups excluding tert-OH is 1. The van der Waals surface area contributed by atoms with Crippen LogP contribution in [0, 0.1) is 16.0 Å². The molecule has 0 radical (unpaired) electrons. The van der Waals surface area contributed by atoms with Crippen molar-refractivity contribution in [3.8, 4) is 11.4 Å². The highest BCUT2D eigenvalue weighted by Gasteiger charge is 2.22. The Morgan fingerprint density at radius 1 is 1.43 bits per heavy atom. The molecule has 1 aromatic heterocycles. The van der Waals surface area contributed by atoms with Gasteiger partial charge in [-0.25, -0.2) is 0 Å². The number of rotatable bonds is 5. The van der Waals surface area contributed by atoms with E-state index < -0.39 is 4.92 Å². The van der Waals surface area contributed by atoms with Gasteiger partial charge in [-0.1, -0.05) is 25.4 Å². The van der Waals surface area contributed by atoms with Crippen LogP contribution in [0.5, 0.6) is 0 Å². The molecular formula is C13H15ClN4O3. The summed E-state index contributed by atoms with van der Waals surface area (Å²) >= 11 is 5.82. The van der Waals surface area contributed by atoms with E-state index in [1.807, 2.05) is 13.8 Å². The average molecular weight is 311 g/mol. The summed E-state index contributed by atoms with van der Waals surface area (Å²) in [6, 6.07) is 4.39. The molecule has 0 aliphatic carbocycles. The predicted octanol–water partition coefficient (Wildman–Crippen LogP) is 2.66. The number of benzene rings is 1. The van der Waals surface area contributed by atoms with Crippen LogP contribution in [0.4, 0.5) is 5.69 Å². The molecule has 0 unspecified atom stereocenters. The third-order valence-electron chi connectivity index (χ3n) is 2.91. The summed E-state index contributed by atoms with van der Waals surface area (Å²) in [5.41, 5.74) is 0.196. The second-order valence-corrected chi connectivity index (χ2v) is 5.46. The van der Waals surface area contributed by atoms with E-state index in [1.165, 1.54) is 6.07 Å². The Labute approximate surface area is 126 Å². The van der Waals surface area contributed by atoms with Crippen molar-refractivity contribution in [3.63, 3.8) is 0 Å². The molecule has 0 saturated heterocycles. The largest absolute Gasteiger partial charge is 0.388 e. The Morgan fingerprint density at radius 3 is 2.71 bits per heavy atom. The first kappa shape index (κ1) is 15.4. The fourth-order valence-electron chi connectivity index (χ4n) is 2.05. The predicted molar refractivity (Wildman–Crippen MR) is 77.9 cm³/mol. The lowest BCUT2D eigenvalue weighted by atomic mass is 10.1. The average Bonchev–Trinajstić information content (AvgIpc) is 2.80. The van der Waals surface area contributed by atoms with Gasteiger partial charge >= 0.3 is 0 Å². The number of hydrogen-bond acceptors (Lipinski definition) is 5. The van der Waals surface area contributed by atoms with E-state index in [9.17, 15) is 15.2 Å². The normalized spacial score (nSPS) is 11.1. The number of nitrogens with zero attached hydrogens (tertiary/aromatic N) is 4. The molecule has 0 amide bonds. The second-order valence-electron chi connectivity index (χ2n) is 5.02. The molecule has 112 valence electrons. The number of hydrogen-bond donors (Lipinski definition) is 1. The Kier molecular flexibility index (Phi) is 4.54. The van der Waals surface area contributed by atoms with Crippen LogP contribution in [0.3, 0.4) is 0 Å². The van der Waals surface area contributed by atoms with Gasteiger partial charge in [-0.2, -0.15) is 0 Å². The van der Waals surface area contributed by atoms with Crippen LogP contribution in [0.25, 0.3) is 11.4 Å². The van der Waals surface area contributed by atoms with Crippen molar-refractivity contribution in [3.05, 3.63) is 39.2 Å². The topological polar surface area (TPSA) is 94.1 Å². The Bertz CT molecular complexity index is 669. The van der Waals surface area contributed by atoms with Gasteiger partial charge in [0.15, 0.2) is 11.6 Å². The molecule has 0 aliphatic heterocycles. The van der Waals surface area contributed by atoms with E-state index in [4.69, 9.17) is 11.6 Å². The SMILES string of the molecule is CC(C)Cn1c(CO)nnc1-c1ccc(Cl)cc1[N+](=O)[O-]. The van der Waals surface area contributed by atoms with Gasteiger partial charge in [0.1, 0.15) is 6.61 Å². The summed E-state index contributed by atoms with van der Waals surface area (Å²) in [6.07, 6.45) is 0. The Morgan fingerprint density at radius 2 is 2.14 bits per heavy atom. The molecule has 1 heterocycles. The van der Waals surface area contributed by atoms with Crippen molar-refractivity contribution < 1.29 is 10.0 Å². The van der Waals surface area contributed by atoms with Crippen molar-refractivity contribution in [2.75, 3.05) is 0 Å². The van der Waals surface area contributed by atoms with Gasteiger partial charge in [0.25, 0.3) is 5.69 Å². The second kappa shape index (κ2) is 6.19. The molecular weight excluding hydrogens is 296 g/mol. The monoisotopic (exact) mass is 310 g/mol. The standard InChI is InChI=1S/C13H15ClN4O3/c1-8(2)6-17-12(7-19)15-16-13(17)10-4-3-9(14)5-11(10)18(20)21/h3-5,8,19H,6-7H2,1-2H3. The first-order valence-electron chi connectivity index (χ1n) is 6.41. The summed E-state index contributed by atoms with van der Waals surface area (Å²) in [6.45, 7) is 4.28. The molecule has 0 spiro atoms.